The van der Waals surface area contributed by atoms with Gasteiger partial charge in [0.1, 0.15) is 0 Å². The molecule has 0 amide bonds. The number of quaternary nitrogens is 1. The number of carboxylic acid groups (broad SMARTS) is 1. The first-order valence-electron chi connectivity index (χ1n) is 18.1. The maximum atomic E-state index is 10.8. The van der Waals surface area contributed by atoms with Crippen molar-refractivity contribution in [3.05, 3.63) is 0 Å². The van der Waals surface area contributed by atoms with E-state index in [0.29, 0.717) is 0 Å². The molecular formula is C36H75NO2. The summed E-state index contributed by atoms with van der Waals surface area (Å²) in [5.41, 5.74) is 0. The van der Waals surface area contributed by atoms with Crippen LogP contribution < -0.4 is 10.0 Å². The van der Waals surface area contributed by atoms with Crippen molar-refractivity contribution >= 4 is 5.97 Å². The highest BCUT2D eigenvalue weighted by molar-refractivity contribution is 5.67. The smallest absolute Gasteiger partial charge is 0.0770 e. The number of aliphatic carboxylic acids is 1. The molecule has 1 atom stereocenters. The maximum absolute atomic E-state index is 10.8. The van der Waals surface area contributed by atoms with Gasteiger partial charge in [-0.05, 0) is 57.3 Å². The van der Waals surface area contributed by atoms with E-state index in [9.17, 15) is 9.90 Å². The van der Waals surface area contributed by atoms with E-state index in [2.05, 4.69) is 34.6 Å². The zero-order valence-corrected chi connectivity index (χ0v) is 27.9. The van der Waals surface area contributed by atoms with Crippen LogP contribution in [0.4, 0.5) is 0 Å². The summed E-state index contributed by atoms with van der Waals surface area (Å²) in [5.74, 6) is -1.05. The lowest BCUT2D eigenvalue weighted by Gasteiger charge is -2.20. The van der Waals surface area contributed by atoms with Gasteiger partial charge >= 0.3 is 0 Å². The van der Waals surface area contributed by atoms with E-state index in [-0.39, 0.29) is 5.92 Å². The Balaban J connectivity index is 0. The summed E-state index contributed by atoms with van der Waals surface area (Å²) in [6.07, 6.45) is 34.3. The topological polar surface area (TPSA) is 44.6 Å². The van der Waals surface area contributed by atoms with Crippen LogP contribution in [0.1, 0.15) is 202 Å². The van der Waals surface area contributed by atoms with Crippen molar-refractivity contribution in [2.45, 2.75) is 202 Å². The van der Waals surface area contributed by atoms with E-state index in [1.54, 1.807) is 0 Å². The fourth-order valence-electron chi connectivity index (χ4n) is 5.49. The third-order valence-electron chi connectivity index (χ3n) is 8.30. The Bertz CT molecular complexity index is 415. The number of carbonyl (C=O) groups is 1. The predicted molar refractivity (Wildman–Crippen MR) is 172 cm³/mol. The Morgan fingerprint density at radius 2 is 0.718 bits per heavy atom. The average molecular weight is 554 g/mol. The van der Waals surface area contributed by atoms with E-state index < -0.39 is 5.97 Å². The molecular weight excluding hydrogens is 478 g/mol. The SMILES string of the molecule is CCCCCCC(CCCC)C(=O)[O-].CCCCCCCC[NH+](CCCCCCCC)CCCCCCCC. The number of hydrogen-bond acceptors (Lipinski definition) is 2. The fourth-order valence-corrected chi connectivity index (χ4v) is 5.49. The van der Waals surface area contributed by atoms with Crippen LogP contribution in [0.3, 0.4) is 0 Å². The van der Waals surface area contributed by atoms with Gasteiger partial charge in [-0.15, -0.1) is 0 Å². The fraction of sp³-hybridized carbons (Fsp3) is 0.972. The molecule has 1 unspecified atom stereocenters. The summed E-state index contributed by atoms with van der Waals surface area (Å²) in [7, 11) is 0. The molecule has 0 heterocycles. The van der Waals surface area contributed by atoms with E-state index in [1.807, 2.05) is 4.90 Å². The molecule has 39 heavy (non-hydrogen) atoms. The highest BCUT2D eigenvalue weighted by atomic mass is 16.4. The second-order valence-electron chi connectivity index (χ2n) is 12.3. The molecule has 0 aromatic carbocycles. The van der Waals surface area contributed by atoms with Gasteiger partial charge in [0.25, 0.3) is 0 Å². The molecule has 3 heteroatoms. The van der Waals surface area contributed by atoms with E-state index >= 15 is 0 Å². The summed E-state index contributed by atoms with van der Waals surface area (Å²) in [5, 5.41) is 10.8. The van der Waals surface area contributed by atoms with Crippen molar-refractivity contribution in [1.82, 2.24) is 0 Å². The van der Waals surface area contributed by atoms with Crippen molar-refractivity contribution in [2.24, 2.45) is 5.92 Å². The molecule has 0 spiro atoms. The molecule has 0 aliphatic heterocycles. The van der Waals surface area contributed by atoms with Crippen molar-refractivity contribution in [3.8, 4) is 0 Å². The van der Waals surface area contributed by atoms with Gasteiger partial charge in [-0.25, -0.2) is 0 Å². The lowest BCUT2D eigenvalue weighted by atomic mass is 9.95. The van der Waals surface area contributed by atoms with Crippen molar-refractivity contribution in [3.63, 3.8) is 0 Å². The van der Waals surface area contributed by atoms with Crippen LogP contribution in [-0.4, -0.2) is 25.6 Å². The third-order valence-corrected chi connectivity index (χ3v) is 8.30. The predicted octanol–water partition coefficient (Wildman–Crippen LogP) is 9.47. The van der Waals surface area contributed by atoms with Crippen LogP contribution in [0.5, 0.6) is 0 Å². The Labute approximate surface area is 247 Å². The maximum Gasteiger partial charge on any atom is 0.0770 e. The van der Waals surface area contributed by atoms with Crippen LogP contribution >= 0.6 is 0 Å². The molecule has 0 aromatic heterocycles. The molecule has 0 rings (SSSR count). The summed E-state index contributed by atoms with van der Waals surface area (Å²) >= 11 is 0. The van der Waals surface area contributed by atoms with Gasteiger partial charge in [0.05, 0.1) is 19.6 Å². The second-order valence-corrected chi connectivity index (χ2v) is 12.3. The molecule has 1 N–H and O–H groups in total. The minimum absolute atomic E-state index is 0.202. The number of hydrogen-bond donors (Lipinski definition) is 1. The number of carboxylic acids is 1. The first-order chi connectivity index (χ1) is 19.1. The van der Waals surface area contributed by atoms with Crippen LogP contribution in [0, 0.1) is 5.92 Å². The lowest BCUT2D eigenvalue weighted by Crippen LogP contribution is -3.12. The van der Waals surface area contributed by atoms with Crippen LogP contribution in [0.2, 0.25) is 0 Å². The van der Waals surface area contributed by atoms with Gasteiger partial charge < -0.3 is 14.8 Å². The Morgan fingerprint density at radius 3 is 1.05 bits per heavy atom. The van der Waals surface area contributed by atoms with E-state index in [1.165, 1.54) is 148 Å². The zero-order chi connectivity index (χ0) is 29.2. The highest BCUT2D eigenvalue weighted by Gasteiger charge is 2.09. The first kappa shape index (κ1) is 40.6. The Morgan fingerprint density at radius 1 is 0.436 bits per heavy atom. The van der Waals surface area contributed by atoms with Gasteiger partial charge in [0.15, 0.2) is 0 Å². The first-order valence-corrected chi connectivity index (χ1v) is 18.1. The largest absolute Gasteiger partial charge is 0.550 e. The van der Waals surface area contributed by atoms with Gasteiger partial charge in [-0.2, -0.15) is 0 Å². The number of nitrogens with one attached hydrogen (secondary N) is 1. The van der Waals surface area contributed by atoms with Crippen LogP contribution in [0.25, 0.3) is 0 Å². The quantitative estimate of drug-likeness (QED) is 0.0900. The molecule has 0 aliphatic rings. The minimum atomic E-state index is -0.852. The molecule has 0 aromatic rings. The van der Waals surface area contributed by atoms with E-state index in [0.717, 1.165) is 38.5 Å². The number of rotatable bonds is 30. The highest BCUT2D eigenvalue weighted by Crippen LogP contribution is 2.16. The van der Waals surface area contributed by atoms with Crippen molar-refractivity contribution in [2.75, 3.05) is 19.6 Å². The minimum Gasteiger partial charge on any atom is -0.550 e. The van der Waals surface area contributed by atoms with Gasteiger partial charge in [0.2, 0.25) is 0 Å². The summed E-state index contributed by atoms with van der Waals surface area (Å²) in [6.45, 7) is 15.5. The number of carbonyl (C=O) groups excluding carboxylic acids is 1. The number of unbranched alkanes of at least 4 members (excludes halogenated alkanes) is 19. The summed E-state index contributed by atoms with van der Waals surface area (Å²) in [4.78, 5) is 12.7. The van der Waals surface area contributed by atoms with Crippen LogP contribution in [-0.2, 0) is 4.79 Å². The molecule has 0 bridgehead atoms. The molecule has 0 fully saturated rings. The molecule has 0 saturated heterocycles. The Kier molecular flexibility index (Phi) is 36.9. The third kappa shape index (κ3) is 33.5. The lowest BCUT2D eigenvalue weighted by molar-refractivity contribution is -0.900. The second kappa shape index (κ2) is 35.5. The molecule has 3 nitrogen and oxygen atoms in total. The van der Waals surface area contributed by atoms with Gasteiger partial charge in [0, 0.05) is 5.97 Å². The molecule has 0 saturated carbocycles. The summed E-state index contributed by atoms with van der Waals surface area (Å²) < 4.78 is 0. The zero-order valence-electron chi connectivity index (χ0n) is 27.9. The molecule has 236 valence electrons. The molecule has 0 aliphatic carbocycles. The average Bonchev–Trinajstić information content (AvgIpc) is 2.93. The Hall–Kier alpha value is -0.570. The van der Waals surface area contributed by atoms with Gasteiger partial charge in [-0.1, -0.05) is 150 Å². The monoisotopic (exact) mass is 554 g/mol. The van der Waals surface area contributed by atoms with Crippen LogP contribution in [0.15, 0.2) is 0 Å². The summed E-state index contributed by atoms with van der Waals surface area (Å²) in [6, 6.07) is 0. The normalized spacial score (nSPS) is 11.9. The standard InChI is InChI=1S/C24H51N.C12H24O2/c1-4-7-10-13-16-19-22-25(23-20-17-14-11-8-5-2)24-21-18-15-12-9-6-3;1-3-5-7-8-10-11(12(13)14)9-6-4-2/h4-24H2,1-3H3;11H,3-10H2,1-2H3,(H,13,14). The van der Waals surface area contributed by atoms with E-state index in [4.69, 9.17) is 0 Å². The van der Waals surface area contributed by atoms with Gasteiger partial charge in [-0.3, -0.25) is 0 Å². The molecule has 0 radical (unpaired) electrons. The van der Waals surface area contributed by atoms with Crippen molar-refractivity contribution in [1.29, 1.82) is 0 Å². The van der Waals surface area contributed by atoms with Crippen molar-refractivity contribution < 1.29 is 14.8 Å².